The zero-order chi connectivity index (χ0) is 30.7. The third-order valence-electron chi connectivity index (χ3n) is 7.93. The third kappa shape index (κ3) is 8.37. The zero-order valence-corrected chi connectivity index (χ0v) is 26.4. The number of alkyl halides is 3. The first-order valence-electron chi connectivity index (χ1n) is 14.2. The highest BCUT2D eigenvalue weighted by atomic mass is 127. The largest absolute Gasteiger partial charge is 0.416 e. The van der Waals surface area contributed by atoms with E-state index < -0.39 is 22.7 Å². The molecule has 13 heteroatoms. The van der Waals surface area contributed by atoms with Gasteiger partial charge in [0.25, 0.3) is 0 Å². The smallest absolute Gasteiger partial charge is 0.397 e. The van der Waals surface area contributed by atoms with Crippen LogP contribution in [-0.4, -0.2) is 55.7 Å². The molecule has 1 aliphatic carbocycles. The molecule has 3 aromatic rings. The average Bonchev–Trinajstić information content (AvgIpc) is 3.73. The molecule has 2 fully saturated rings. The molecule has 1 aliphatic heterocycles. The molecule has 1 saturated heterocycles. The quantitative estimate of drug-likeness (QED) is 0.0922. The Morgan fingerprint density at radius 1 is 1.14 bits per heavy atom. The molecule has 1 atom stereocenters. The minimum Gasteiger partial charge on any atom is -0.397 e. The third-order valence-corrected chi connectivity index (χ3v) is 9.73. The van der Waals surface area contributed by atoms with Crippen LogP contribution in [0.3, 0.4) is 0 Å². The number of aromatic amines is 1. The number of nitrogens with two attached hydrogens (primary N) is 1. The fourth-order valence-corrected chi connectivity index (χ4v) is 7.19. The van der Waals surface area contributed by atoms with Crippen LogP contribution in [0.2, 0.25) is 0 Å². The highest BCUT2D eigenvalue weighted by Gasteiger charge is 2.34. The minimum absolute atomic E-state index is 0.000392. The molecule has 4 N–H and O–H groups in total. The molecule has 0 spiro atoms. The molecular formula is C30H34F4IN5O2S. The molecule has 0 amide bonds. The first-order valence-corrected chi connectivity index (χ1v) is 16.5. The molecule has 43 heavy (non-hydrogen) atoms. The second-order valence-electron chi connectivity index (χ2n) is 11.2. The monoisotopic (exact) mass is 731 g/mol. The van der Waals surface area contributed by atoms with Gasteiger partial charge in [0.05, 0.1) is 56.6 Å². The molecule has 7 nitrogen and oxygen atoms in total. The normalized spacial score (nSPS) is 17.8. The molecule has 5 rings (SSSR count). The number of hydrogen-bond donors (Lipinski definition) is 3. The Kier molecular flexibility index (Phi) is 10.1. The van der Waals surface area contributed by atoms with Gasteiger partial charge < -0.3 is 18.7 Å². The molecule has 1 unspecified atom stereocenters. The van der Waals surface area contributed by atoms with Gasteiger partial charge in [-0.25, -0.2) is 13.3 Å². The number of hydrogen-bond acceptors (Lipinski definition) is 5. The van der Waals surface area contributed by atoms with Gasteiger partial charge in [-0.3, -0.25) is 4.79 Å². The second-order valence-corrected chi connectivity index (χ2v) is 13.7. The van der Waals surface area contributed by atoms with Crippen LogP contribution < -0.4 is 10.5 Å². The maximum Gasteiger partial charge on any atom is 0.416 e. The van der Waals surface area contributed by atoms with Crippen LogP contribution in [0.15, 0.2) is 48.7 Å². The average molecular weight is 732 g/mol. The Morgan fingerprint density at radius 2 is 1.84 bits per heavy atom. The number of aromatic nitrogens is 1. The van der Waals surface area contributed by atoms with E-state index >= 15 is 0 Å². The number of nitrogens with one attached hydrogen (secondary N) is 2. The summed E-state index contributed by atoms with van der Waals surface area (Å²) in [5, 5.41) is 0.602. The lowest BCUT2D eigenvalue weighted by molar-refractivity contribution is -0.137. The highest BCUT2D eigenvalue weighted by Crippen LogP contribution is 2.37. The van der Waals surface area contributed by atoms with E-state index in [0.717, 1.165) is 64.0 Å². The Morgan fingerprint density at radius 3 is 2.49 bits per heavy atom. The van der Waals surface area contributed by atoms with Crippen molar-refractivity contribution < 1.29 is 26.6 Å². The van der Waals surface area contributed by atoms with E-state index in [-0.39, 0.29) is 23.3 Å². The van der Waals surface area contributed by atoms with E-state index in [4.69, 9.17) is 5.73 Å². The van der Waals surface area contributed by atoms with Crippen molar-refractivity contribution in [3.8, 4) is 0 Å². The van der Waals surface area contributed by atoms with E-state index in [1.54, 1.807) is 6.07 Å². The summed E-state index contributed by atoms with van der Waals surface area (Å²) in [6, 6.07) is 9.15. The number of ketones is 1. The number of likely N-dealkylation sites (tertiary alicyclic amines) is 1. The van der Waals surface area contributed by atoms with Crippen LogP contribution in [-0.2, 0) is 22.9 Å². The molecule has 2 heterocycles. The molecule has 1 saturated carbocycles. The van der Waals surface area contributed by atoms with Crippen LogP contribution in [0.5, 0.6) is 0 Å². The molecule has 1 aromatic heterocycles. The first kappa shape index (κ1) is 31.9. The predicted molar refractivity (Wildman–Crippen MR) is 169 cm³/mol. The summed E-state index contributed by atoms with van der Waals surface area (Å²) in [5.74, 6) is 0.218. The van der Waals surface area contributed by atoms with Crippen molar-refractivity contribution in [3.63, 3.8) is 0 Å². The summed E-state index contributed by atoms with van der Waals surface area (Å²) < 4.78 is 69.6. The van der Waals surface area contributed by atoms with Gasteiger partial charge >= 0.3 is 6.18 Å². The lowest BCUT2D eigenvalue weighted by atomic mass is 9.97. The van der Waals surface area contributed by atoms with Crippen molar-refractivity contribution in [3.05, 3.63) is 76.9 Å². The zero-order valence-electron chi connectivity index (χ0n) is 23.4. The summed E-state index contributed by atoms with van der Waals surface area (Å²) in [6.45, 7) is 3.80. The number of carbonyl (C=O) groups is 1. The predicted octanol–water partition coefficient (Wildman–Crippen LogP) is 5.99. The number of H-pyrrole nitrogens is 1. The fourth-order valence-electron chi connectivity index (χ4n) is 5.42. The van der Waals surface area contributed by atoms with E-state index in [9.17, 15) is 26.6 Å². The van der Waals surface area contributed by atoms with Gasteiger partial charge in [-0.05, 0) is 80.6 Å². The van der Waals surface area contributed by atoms with Crippen LogP contribution >= 0.6 is 22.9 Å². The molecule has 2 aliphatic rings. The van der Waals surface area contributed by atoms with Crippen molar-refractivity contribution in [2.75, 3.05) is 32.7 Å². The Labute approximate surface area is 264 Å². The number of fused-ring (bicyclic) bond motifs is 1. The maximum atomic E-state index is 14.1. The van der Waals surface area contributed by atoms with Crippen molar-refractivity contribution in [2.24, 2.45) is 17.6 Å². The number of Topliss-reactive ketones (excluding diaryl/α,β-unsaturated/α-hetero) is 1. The van der Waals surface area contributed by atoms with Crippen molar-refractivity contribution in [1.29, 1.82) is 0 Å². The number of piperidine rings is 1. The Bertz CT molecular complexity index is 1500. The number of benzene rings is 2. The summed E-state index contributed by atoms with van der Waals surface area (Å²) in [7, 11) is -1.38. The van der Waals surface area contributed by atoms with E-state index in [2.05, 4.69) is 37.5 Å². The molecular weight excluding hydrogens is 697 g/mol. The number of nitrogens with zero attached hydrogens (tertiary/aromatic N) is 2. The lowest BCUT2D eigenvalue weighted by Gasteiger charge is -2.33. The summed E-state index contributed by atoms with van der Waals surface area (Å²) in [4.78, 5) is 18.4. The van der Waals surface area contributed by atoms with E-state index in [1.165, 1.54) is 24.3 Å². The van der Waals surface area contributed by atoms with Gasteiger partial charge in [-0.15, -0.1) is 0 Å². The lowest BCUT2D eigenvalue weighted by Crippen LogP contribution is -2.40. The summed E-state index contributed by atoms with van der Waals surface area (Å²) in [5.41, 5.74) is 8.51. The number of carbonyl (C=O) groups excluding carboxylic acids is 1. The number of rotatable bonds is 12. The Balaban J connectivity index is 1.08. The van der Waals surface area contributed by atoms with Crippen LogP contribution in [0, 0.1) is 17.7 Å². The van der Waals surface area contributed by atoms with Crippen molar-refractivity contribution in [1.82, 2.24) is 17.7 Å². The minimum atomic E-state index is -4.39. The fraction of sp³-hybridized carbons (Fsp3) is 0.433. The van der Waals surface area contributed by atoms with Crippen LogP contribution in [0.4, 0.5) is 17.6 Å². The SMILES string of the molecule is N/C(=C\N(I)CC1CCN(CCNS(=O)Cc2ccc(C(F)(F)F)cc2)CC1)c1c(C(=O)C2CC2)[nH]c2ccc(F)cc12. The molecule has 0 radical (unpaired) electrons. The standard InChI is InChI=1S/C30H34F4IN5O2S/c31-23-7-8-26-24(15-23)27(28(38-26)29(41)21-3-4-21)25(36)17-40(35)16-19-9-12-39(13-10-19)14-11-37-43(42)18-20-1-5-22(6-2-20)30(32,33)34/h1-2,5-8,15,17,19,21,37-38H,3-4,9-14,16,18,36H2/b25-17-. The van der Waals surface area contributed by atoms with Crippen molar-refractivity contribution in [2.45, 2.75) is 37.6 Å². The van der Waals surface area contributed by atoms with Crippen LogP contribution in [0.1, 0.15) is 52.9 Å². The topological polar surface area (TPSA) is 94.5 Å². The number of halogens is 5. The molecule has 2 aromatic carbocycles. The van der Waals surface area contributed by atoms with Gasteiger partial charge in [0, 0.05) is 48.2 Å². The second kappa shape index (κ2) is 13.7. The summed E-state index contributed by atoms with van der Waals surface area (Å²) in [6.07, 6.45) is 1.11. The Hall–Kier alpha value is -2.49. The van der Waals surface area contributed by atoms with Gasteiger partial charge in [0.1, 0.15) is 5.82 Å². The molecule has 232 valence electrons. The molecule has 0 bridgehead atoms. The van der Waals surface area contributed by atoms with Gasteiger partial charge in [-0.1, -0.05) is 12.1 Å². The summed E-state index contributed by atoms with van der Waals surface area (Å²) >= 11 is 2.21. The first-order chi connectivity index (χ1) is 20.5. The van der Waals surface area contributed by atoms with E-state index in [0.29, 0.717) is 45.9 Å². The highest BCUT2D eigenvalue weighted by molar-refractivity contribution is 14.1. The maximum absolute atomic E-state index is 14.1. The van der Waals surface area contributed by atoms with Gasteiger partial charge in [0.15, 0.2) is 5.78 Å². The van der Waals surface area contributed by atoms with Crippen molar-refractivity contribution >= 4 is 56.2 Å². The van der Waals surface area contributed by atoms with E-state index in [1.807, 2.05) is 9.31 Å². The van der Waals surface area contributed by atoms with Gasteiger partial charge in [-0.2, -0.15) is 13.2 Å². The van der Waals surface area contributed by atoms with Gasteiger partial charge in [0.2, 0.25) is 0 Å². The van der Waals surface area contributed by atoms with Crippen LogP contribution in [0.25, 0.3) is 16.6 Å².